The molecule has 3 N–H and O–H groups in total. The number of hydrogen-bond acceptors (Lipinski definition) is 7. The molecule has 12 nitrogen and oxygen atoms in total. The number of amides is 2. The highest BCUT2D eigenvalue weighted by molar-refractivity contribution is 5.94. The minimum absolute atomic E-state index is 0.0221. The fraction of sp³-hybridized carbons (Fsp3) is 0.464. The normalized spacial score (nSPS) is 25.1. The lowest BCUT2D eigenvalue weighted by Gasteiger charge is -2.41. The van der Waals surface area contributed by atoms with Crippen LogP contribution in [-0.2, 0) is 14.3 Å². The Morgan fingerprint density at radius 2 is 1.88 bits per heavy atom. The number of alkyl carbamates (subject to hydrolysis) is 1. The number of aromatic carboxylic acids is 1. The molecule has 3 fully saturated rings. The third-order valence-corrected chi connectivity index (χ3v) is 9.01. The van der Waals surface area contributed by atoms with Gasteiger partial charge in [-0.25, -0.2) is 18.4 Å². The SMILES string of the molecule is CC1=C(COC(=O)NC2CCN(c3c(F)cc4c(=O)c(C(=O)O)cn(C5CC5)c4c3F)C2)C(C)(C(=O)O)C2CC(=O)N12. The quantitative estimate of drug-likeness (QED) is 0.415. The Labute approximate surface area is 237 Å². The Bertz CT molecular complexity index is 1680. The largest absolute Gasteiger partial charge is 0.481 e. The van der Waals surface area contributed by atoms with E-state index in [0.29, 0.717) is 30.5 Å². The number of anilines is 1. The van der Waals surface area contributed by atoms with E-state index in [0.717, 1.165) is 12.3 Å². The minimum Gasteiger partial charge on any atom is -0.481 e. The van der Waals surface area contributed by atoms with E-state index in [9.17, 15) is 34.2 Å². The van der Waals surface area contributed by atoms with Crippen LogP contribution in [0.15, 0.2) is 28.3 Å². The van der Waals surface area contributed by atoms with Gasteiger partial charge in [-0.05, 0) is 39.2 Å². The maximum Gasteiger partial charge on any atom is 0.407 e. The van der Waals surface area contributed by atoms with Gasteiger partial charge in [0.05, 0.1) is 23.0 Å². The molecule has 14 heteroatoms. The average molecular weight is 587 g/mol. The number of carbonyl (C=O) groups excluding carboxylic acids is 2. The smallest absolute Gasteiger partial charge is 0.407 e. The molecule has 0 radical (unpaired) electrons. The van der Waals surface area contributed by atoms with Crippen molar-refractivity contribution in [2.75, 3.05) is 24.6 Å². The number of hydrogen-bond donors (Lipinski definition) is 3. The summed E-state index contributed by atoms with van der Waals surface area (Å²) in [6.45, 7) is 2.96. The molecule has 4 aliphatic rings. The van der Waals surface area contributed by atoms with Gasteiger partial charge in [-0.2, -0.15) is 0 Å². The summed E-state index contributed by atoms with van der Waals surface area (Å²) in [4.78, 5) is 63.9. The predicted molar refractivity (Wildman–Crippen MR) is 142 cm³/mol. The van der Waals surface area contributed by atoms with E-state index >= 15 is 8.78 Å². The summed E-state index contributed by atoms with van der Waals surface area (Å²) in [5.41, 5.74) is -2.69. The number of carboxylic acid groups (broad SMARTS) is 2. The number of fused-ring (bicyclic) bond motifs is 2. The Morgan fingerprint density at radius 1 is 1.17 bits per heavy atom. The first kappa shape index (κ1) is 27.7. The molecule has 0 bridgehead atoms. The number of β-lactam (4-membered cyclic amide) rings is 1. The van der Waals surface area contributed by atoms with Crippen LogP contribution in [0.4, 0.5) is 19.3 Å². The molecular formula is C28H28F2N4O8. The zero-order valence-electron chi connectivity index (χ0n) is 22.8. The summed E-state index contributed by atoms with van der Waals surface area (Å²) in [7, 11) is 0. The van der Waals surface area contributed by atoms with Crippen LogP contribution in [0, 0.1) is 17.0 Å². The molecule has 3 atom stereocenters. The van der Waals surface area contributed by atoms with Crippen molar-refractivity contribution in [3.8, 4) is 0 Å². The number of rotatable bonds is 7. The van der Waals surface area contributed by atoms with E-state index in [-0.39, 0.29) is 54.7 Å². The molecule has 6 rings (SSSR count). The van der Waals surface area contributed by atoms with Crippen molar-refractivity contribution in [3.63, 3.8) is 0 Å². The van der Waals surface area contributed by atoms with Gasteiger partial charge in [0, 0.05) is 43.0 Å². The molecule has 2 saturated heterocycles. The van der Waals surface area contributed by atoms with Gasteiger partial charge in [-0.15, -0.1) is 0 Å². The maximum atomic E-state index is 15.9. The van der Waals surface area contributed by atoms with Crippen molar-refractivity contribution in [2.45, 2.75) is 57.7 Å². The van der Waals surface area contributed by atoms with Crippen LogP contribution in [0.5, 0.6) is 0 Å². The van der Waals surface area contributed by atoms with E-state index in [1.807, 2.05) is 0 Å². The summed E-state index contributed by atoms with van der Waals surface area (Å²) < 4.78 is 37.9. The van der Waals surface area contributed by atoms with Crippen molar-refractivity contribution >= 4 is 40.5 Å². The standard InChI is InChI=1S/C28H28F2N4O8/c1-12-17(28(2,26(39)40)19-8-20(35)34(12)19)11-42-27(41)31-13-5-6-32(9-13)23-18(29)7-15-22(21(23)30)33(14-3-4-14)10-16(24(15)36)25(37)38/h7,10,13-14,19H,3-6,8-9,11H2,1-2H3,(H,31,41)(H,37,38)(H,39,40). The van der Waals surface area contributed by atoms with Crippen LogP contribution in [-0.4, -0.2) is 75.4 Å². The first-order valence-electron chi connectivity index (χ1n) is 13.6. The molecule has 1 aromatic heterocycles. The topological polar surface area (TPSA) is 158 Å². The summed E-state index contributed by atoms with van der Waals surface area (Å²) in [5.74, 6) is -4.81. The molecular weight excluding hydrogens is 558 g/mol. The van der Waals surface area contributed by atoms with Crippen LogP contribution in [0.1, 0.15) is 55.9 Å². The van der Waals surface area contributed by atoms with Crippen molar-refractivity contribution in [3.05, 3.63) is 51.0 Å². The van der Waals surface area contributed by atoms with Crippen LogP contribution in [0.3, 0.4) is 0 Å². The zero-order chi connectivity index (χ0) is 30.2. The number of benzene rings is 1. The lowest BCUT2D eigenvalue weighted by atomic mass is 9.74. The molecule has 1 aliphatic carbocycles. The van der Waals surface area contributed by atoms with Gasteiger partial charge in [0.15, 0.2) is 5.82 Å². The van der Waals surface area contributed by atoms with Crippen LogP contribution in [0.25, 0.3) is 10.9 Å². The van der Waals surface area contributed by atoms with Gasteiger partial charge < -0.3 is 34.6 Å². The van der Waals surface area contributed by atoms with Crippen molar-refractivity contribution in [1.29, 1.82) is 0 Å². The fourth-order valence-electron chi connectivity index (χ4n) is 6.49. The lowest BCUT2D eigenvalue weighted by Crippen LogP contribution is -2.56. The number of carboxylic acids is 2. The van der Waals surface area contributed by atoms with Crippen LogP contribution in [0.2, 0.25) is 0 Å². The average Bonchev–Trinajstić information content (AvgIpc) is 3.62. The number of allylic oxidation sites excluding steroid dienone is 1. The molecule has 1 saturated carbocycles. The first-order valence-corrected chi connectivity index (χ1v) is 13.6. The van der Waals surface area contributed by atoms with Crippen LogP contribution >= 0.6 is 0 Å². The third kappa shape index (κ3) is 4.02. The van der Waals surface area contributed by atoms with E-state index in [4.69, 9.17) is 4.74 Å². The zero-order valence-corrected chi connectivity index (χ0v) is 22.8. The molecule has 1 aromatic carbocycles. The Balaban J connectivity index is 1.18. The van der Waals surface area contributed by atoms with Gasteiger partial charge in [-0.1, -0.05) is 0 Å². The third-order valence-electron chi connectivity index (χ3n) is 9.01. The summed E-state index contributed by atoms with van der Waals surface area (Å²) in [6, 6.07) is -0.431. The number of nitrogens with zero attached hydrogens (tertiary/aromatic N) is 3. The second kappa shape index (κ2) is 9.53. The summed E-state index contributed by atoms with van der Waals surface area (Å²) in [6.07, 6.45) is 2.00. The number of nitrogens with one attached hydrogen (secondary N) is 1. The van der Waals surface area contributed by atoms with Gasteiger partial charge in [0.25, 0.3) is 0 Å². The Hall–Kier alpha value is -4.49. The van der Waals surface area contributed by atoms with Gasteiger partial charge in [0.1, 0.15) is 29.1 Å². The highest BCUT2D eigenvalue weighted by Crippen LogP contribution is 2.51. The predicted octanol–water partition coefficient (Wildman–Crippen LogP) is 2.60. The highest BCUT2D eigenvalue weighted by atomic mass is 19.1. The second-order valence-electron chi connectivity index (χ2n) is 11.4. The minimum atomic E-state index is -1.48. The Kier molecular flexibility index (Phi) is 6.28. The number of pyridine rings is 1. The molecule has 3 aliphatic heterocycles. The summed E-state index contributed by atoms with van der Waals surface area (Å²) >= 11 is 0. The molecule has 0 spiro atoms. The fourth-order valence-corrected chi connectivity index (χ4v) is 6.49. The van der Waals surface area contributed by atoms with Gasteiger partial charge in [0.2, 0.25) is 11.3 Å². The number of aromatic nitrogens is 1. The molecule has 2 aromatic rings. The maximum absolute atomic E-state index is 15.9. The lowest BCUT2D eigenvalue weighted by molar-refractivity contribution is -0.156. The molecule has 2 amide bonds. The first-order chi connectivity index (χ1) is 19.8. The second-order valence-corrected chi connectivity index (χ2v) is 11.4. The van der Waals surface area contributed by atoms with Gasteiger partial charge in [-0.3, -0.25) is 14.4 Å². The molecule has 3 unspecified atom stereocenters. The van der Waals surface area contributed by atoms with Crippen molar-refractivity contribution < 1.29 is 42.9 Å². The highest BCUT2D eigenvalue weighted by Gasteiger charge is 2.61. The summed E-state index contributed by atoms with van der Waals surface area (Å²) in [5, 5.41) is 21.6. The van der Waals surface area contributed by atoms with Crippen LogP contribution < -0.4 is 15.6 Å². The molecule has 4 heterocycles. The van der Waals surface area contributed by atoms with Crippen molar-refractivity contribution in [2.24, 2.45) is 5.41 Å². The monoisotopic (exact) mass is 586 g/mol. The van der Waals surface area contributed by atoms with Gasteiger partial charge >= 0.3 is 18.0 Å². The van der Waals surface area contributed by atoms with E-state index in [1.165, 1.54) is 21.3 Å². The van der Waals surface area contributed by atoms with E-state index < -0.39 is 58.2 Å². The number of halogens is 2. The number of carbonyl (C=O) groups is 4. The number of ether oxygens (including phenoxy) is 1. The number of aliphatic carboxylic acids is 1. The Morgan fingerprint density at radius 3 is 2.50 bits per heavy atom. The molecule has 42 heavy (non-hydrogen) atoms. The van der Waals surface area contributed by atoms with Crippen molar-refractivity contribution in [1.82, 2.24) is 14.8 Å². The molecule has 222 valence electrons. The van der Waals surface area contributed by atoms with E-state index in [2.05, 4.69) is 5.32 Å². The van der Waals surface area contributed by atoms with E-state index in [1.54, 1.807) is 6.92 Å².